The molecule has 0 aliphatic carbocycles. The SMILES string of the molecule is CCCN(C[C@@H](C)Sc1ccc(OCC(=O)O)c(C)c1)S(=O)(=O)c1ccc(Cl)c(C(F)F)c1. The molecule has 0 bridgehead atoms. The quantitative estimate of drug-likeness (QED) is 0.364. The number of alkyl halides is 2. The highest BCUT2D eigenvalue weighted by molar-refractivity contribution is 8.00. The van der Waals surface area contributed by atoms with Gasteiger partial charge in [0.05, 0.1) is 4.90 Å². The van der Waals surface area contributed by atoms with Gasteiger partial charge in [0.1, 0.15) is 5.75 Å². The molecule has 2 aromatic rings. The topological polar surface area (TPSA) is 83.9 Å². The van der Waals surface area contributed by atoms with Crippen LogP contribution in [0.1, 0.15) is 37.8 Å². The molecule has 182 valence electrons. The zero-order valence-electron chi connectivity index (χ0n) is 18.4. The van der Waals surface area contributed by atoms with Gasteiger partial charge < -0.3 is 9.84 Å². The van der Waals surface area contributed by atoms with E-state index in [1.165, 1.54) is 28.2 Å². The zero-order valence-corrected chi connectivity index (χ0v) is 20.8. The third kappa shape index (κ3) is 7.56. The molecule has 2 rings (SSSR count). The molecule has 0 fully saturated rings. The summed E-state index contributed by atoms with van der Waals surface area (Å²) in [5.41, 5.74) is 0.240. The van der Waals surface area contributed by atoms with Gasteiger partial charge in [0, 0.05) is 33.8 Å². The van der Waals surface area contributed by atoms with Gasteiger partial charge in [-0.3, -0.25) is 0 Å². The minimum absolute atomic E-state index is 0.154. The van der Waals surface area contributed by atoms with Crippen molar-refractivity contribution >= 4 is 39.4 Å². The Labute approximate surface area is 201 Å². The molecule has 0 aliphatic rings. The molecule has 0 radical (unpaired) electrons. The van der Waals surface area contributed by atoms with E-state index in [2.05, 4.69) is 0 Å². The average molecular weight is 522 g/mol. The van der Waals surface area contributed by atoms with E-state index < -0.39 is 34.6 Å². The number of halogens is 3. The van der Waals surface area contributed by atoms with Gasteiger partial charge in [-0.05, 0) is 55.3 Å². The predicted molar refractivity (Wildman–Crippen MR) is 125 cm³/mol. The fourth-order valence-electron chi connectivity index (χ4n) is 3.11. The second-order valence-electron chi connectivity index (χ2n) is 7.39. The fourth-order valence-corrected chi connectivity index (χ4v) is 6.17. The van der Waals surface area contributed by atoms with Crippen LogP contribution < -0.4 is 4.74 Å². The van der Waals surface area contributed by atoms with E-state index in [1.807, 2.05) is 19.9 Å². The number of carboxylic acid groups (broad SMARTS) is 1. The molecule has 33 heavy (non-hydrogen) atoms. The van der Waals surface area contributed by atoms with Crippen LogP contribution in [-0.4, -0.2) is 48.7 Å². The largest absolute Gasteiger partial charge is 0.482 e. The van der Waals surface area contributed by atoms with Gasteiger partial charge in [-0.2, -0.15) is 4.31 Å². The van der Waals surface area contributed by atoms with Crippen LogP contribution in [0.5, 0.6) is 5.75 Å². The predicted octanol–water partition coefficient (Wildman–Crippen LogP) is 5.63. The summed E-state index contributed by atoms with van der Waals surface area (Å²) in [6.45, 7) is 5.47. The van der Waals surface area contributed by atoms with Crippen LogP contribution in [0.15, 0.2) is 46.2 Å². The van der Waals surface area contributed by atoms with Gasteiger partial charge >= 0.3 is 5.97 Å². The number of benzene rings is 2. The number of rotatable bonds is 12. The lowest BCUT2D eigenvalue weighted by Gasteiger charge is -2.25. The van der Waals surface area contributed by atoms with Crippen molar-refractivity contribution in [3.63, 3.8) is 0 Å². The highest BCUT2D eigenvalue weighted by atomic mass is 35.5. The Bertz CT molecular complexity index is 1080. The second kappa shape index (κ2) is 12.0. The fraction of sp³-hybridized carbons (Fsp3) is 0.409. The van der Waals surface area contributed by atoms with Crippen molar-refractivity contribution < 1.29 is 31.8 Å². The van der Waals surface area contributed by atoms with Crippen molar-refractivity contribution in [2.24, 2.45) is 0 Å². The van der Waals surface area contributed by atoms with Gasteiger partial charge in [0.15, 0.2) is 6.61 Å². The Morgan fingerprint density at radius 2 is 1.94 bits per heavy atom. The first kappa shape index (κ1) is 27.4. The van der Waals surface area contributed by atoms with Gasteiger partial charge in [0.2, 0.25) is 10.0 Å². The second-order valence-corrected chi connectivity index (χ2v) is 11.2. The normalized spacial score (nSPS) is 12.8. The molecule has 0 saturated heterocycles. The van der Waals surface area contributed by atoms with E-state index in [4.69, 9.17) is 21.4 Å². The van der Waals surface area contributed by atoms with Crippen molar-refractivity contribution in [3.05, 3.63) is 52.5 Å². The van der Waals surface area contributed by atoms with Gasteiger partial charge in [0.25, 0.3) is 6.43 Å². The molecular weight excluding hydrogens is 496 g/mol. The van der Waals surface area contributed by atoms with Crippen molar-refractivity contribution in [2.75, 3.05) is 19.7 Å². The average Bonchev–Trinajstić information content (AvgIpc) is 2.72. The summed E-state index contributed by atoms with van der Waals surface area (Å²) in [5.74, 6) is -0.609. The molecule has 0 amide bonds. The smallest absolute Gasteiger partial charge is 0.341 e. The van der Waals surface area contributed by atoms with E-state index in [1.54, 1.807) is 19.1 Å². The Balaban J connectivity index is 2.18. The highest BCUT2D eigenvalue weighted by Gasteiger charge is 2.27. The Morgan fingerprint density at radius 3 is 2.52 bits per heavy atom. The van der Waals surface area contributed by atoms with E-state index in [9.17, 15) is 22.0 Å². The zero-order chi connectivity index (χ0) is 24.8. The summed E-state index contributed by atoms with van der Waals surface area (Å²) in [6, 6.07) is 8.64. The lowest BCUT2D eigenvalue weighted by atomic mass is 10.2. The minimum Gasteiger partial charge on any atom is -0.482 e. The third-order valence-corrected chi connectivity index (χ3v) is 7.89. The molecule has 0 spiro atoms. The molecule has 1 N–H and O–H groups in total. The van der Waals surface area contributed by atoms with Crippen LogP contribution in [0, 0.1) is 6.92 Å². The maximum atomic E-state index is 13.2. The summed E-state index contributed by atoms with van der Waals surface area (Å²) in [5, 5.41) is 8.41. The van der Waals surface area contributed by atoms with Gasteiger partial charge in [-0.25, -0.2) is 22.0 Å². The molecular formula is C22H26ClF2NO5S2. The summed E-state index contributed by atoms with van der Waals surface area (Å²) in [4.78, 5) is 11.3. The molecule has 6 nitrogen and oxygen atoms in total. The summed E-state index contributed by atoms with van der Waals surface area (Å²) in [6.07, 6.45) is -2.33. The lowest BCUT2D eigenvalue weighted by Crippen LogP contribution is -2.36. The van der Waals surface area contributed by atoms with Crippen LogP contribution in [0.4, 0.5) is 8.78 Å². The molecule has 0 saturated carbocycles. The summed E-state index contributed by atoms with van der Waals surface area (Å²) < 4.78 is 59.3. The number of carbonyl (C=O) groups is 1. The van der Waals surface area contributed by atoms with Crippen molar-refractivity contribution in [1.29, 1.82) is 0 Å². The van der Waals surface area contributed by atoms with Crippen molar-refractivity contribution in [1.82, 2.24) is 4.31 Å². The lowest BCUT2D eigenvalue weighted by molar-refractivity contribution is -0.139. The van der Waals surface area contributed by atoms with Crippen molar-refractivity contribution in [2.45, 2.75) is 48.7 Å². The van der Waals surface area contributed by atoms with Crippen LogP contribution in [0.3, 0.4) is 0 Å². The number of aryl methyl sites for hydroxylation is 1. The van der Waals surface area contributed by atoms with Crippen LogP contribution in [0.25, 0.3) is 0 Å². The van der Waals surface area contributed by atoms with Crippen LogP contribution in [-0.2, 0) is 14.8 Å². The molecule has 11 heteroatoms. The number of hydrogen-bond acceptors (Lipinski definition) is 5. The standard InChI is InChI=1S/C22H26ClF2NO5S2/c1-4-9-26(33(29,30)17-6-7-19(23)18(11-17)22(24)25)12-15(3)32-16-5-8-20(14(2)10-16)31-13-21(27)28/h5-8,10-11,15,22H,4,9,12-13H2,1-3H3,(H,27,28)/t15-/m1/s1. The third-order valence-electron chi connectivity index (χ3n) is 4.61. The van der Waals surface area contributed by atoms with Gasteiger partial charge in [-0.15, -0.1) is 11.8 Å². The number of hydrogen-bond donors (Lipinski definition) is 1. The first-order valence-corrected chi connectivity index (χ1v) is 12.8. The monoisotopic (exact) mass is 521 g/mol. The Morgan fingerprint density at radius 1 is 1.24 bits per heavy atom. The molecule has 0 heterocycles. The maximum absolute atomic E-state index is 13.2. The number of carboxylic acids is 1. The number of nitrogens with zero attached hydrogens (tertiary/aromatic N) is 1. The number of thioether (sulfide) groups is 1. The van der Waals surface area contributed by atoms with E-state index >= 15 is 0 Å². The van der Waals surface area contributed by atoms with Crippen molar-refractivity contribution in [3.8, 4) is 5.75 Å². The number of ether oxygens (including phenoxy) is 1. The summed E-state index contributed by atoms with van der Waals surface area (Å²) >= 11 is 7.23. The first-order chi connectivity index (χ1) is 15.4. The molecule has 2 aromatic carbocycles. The van der Waals surface area contributed by atoms with Crippen LogP contribution in [0.2, 0.25) is 5.02 Å². The molecule has 0 aromatic heterocycles. The number of aliphatic carboxylic acids is 1. The highest BCUT2D eigenvalue weighted by Crippen LogP contribution is 2.32. The molecule has 1 atom stereocenters. The van der Waals surface area contributed by atoms with Gasteiger partial charge in [-0.1, -0.05) is 25.4 Å². The summed E-state index contributed by atoms with van der Waals surface area (Å²) in [7, 11) is -4.00. The maximum Gasteiger partial charge on any atom is 0.341 e. The van der Waals surface area contributed by atoms with Crippen LogP contribution >= 0.6 is 23.4 Å². The number of sulfonamides is 1. The van der Waals surface area contributed by atoms with E-state index in [-0.39, 0.29) is 28.3 Å². The Hall–Kier alpha value is -1.88. The van der Waals surface area contributed by atoms with E-state index in [0.29, 0.717) is 12.2 Å². The van der Waals surface area contributed by atoms with E-state index in [0.717, 1.165) is 16.5 Å². The Kier molecular flexibility index (Phi) is 9.96. The first-order valence-electron chi connectivity index (χ1n) is 10.1. The molecule has 0 unspecified atom stereocenters. The molecule has 0 aliphatic heterocycles. The minimum atomic E-state index is -4.00.